The largest absolute Gasteiger partial charge is 0.370 e. The highest BCUT2D eigenvalue weighted by molar-refractivity contribution is 5.88. The van der Waals surface area contributed by atoms with Crippen LogP contribution in [0.25, 0.3) is 0 Å². The highest BCUT2D eigenvalue weighted by atomic mass is 16.3. The third kappa shape index (κ3) is 0.677. The number of hydrogen-bond acceptors (Lipinski definition) is 4. The van der Waals surface area contributed by atoms with Crippen molar-refractivity contribution in [2.75, 3.05) is 0 Å². The van der Waals surface area contributed by atoms with E-state index in [9.17, 15) is 0 Å². The van der Waals surface area contributed by atoms with E-state index in [0.717, 1.165) is 5.71 Å². The van der Waals surface area contributed by atoms with Crippen LogP contribution in [0, 0.1) is 0 Å². The average Bonchev–Trinajstić information content (AvgIpc) is 1.98. The molecular weight excluding hydrogens is 106 g/mol. The molecule has 4 nitrogen and oxygen atoms in total. The van der Waals surface area contributed by atoms with Crippen molar-refractivity contribution in [3.05, 3.63) is 0 Å². The maximum Gasteiger partial charge on any atom is 0.160 e. The Hall–Kier alpha value is -0.610. The lowest BCUT2D eigenvalue weighted by atomic mass is 10.2. The monoisotopic (exact) mass is 115 g/mol. The Bertz CT molecular complexity index is 122. The van der Waals surface area contributed by atoms with Crippen molar-refractivity contribution >= 4 is 5.71 Å². The lowest BCUT2D eigenvalue weighted by Crippen LogP contribution is -2.40. The van der Waals surface area contributed by atoms with Crippen LogP contribution in [0.5, 0.6) is 0 Å². The number of nitrogens with two attached hydrogens (primary N) is 1. The van der Waals surface area contributed by atoms with E-state index in [4.69, 9.17) is 10.8 Å². The molecule has 46 valence electrons. The summed E-state index contributed by atoms with van der Waals surface area (Å²) in [5.41, 5.74) is 8.56. The first kappa shape index (κ1) is 5.53. The van der Waals surface area contributed by atoms with Crippen LogP contribution < -0.4 is 11.2 Å². The first-order valence-electron chi connectivity index (χ1n) is 2.45. The molecule has 0 spiro atoms. The van der Waals surface area contributed by atoms with E-state index in [-0.39, 0.29) is 6.04 Å². The molecule has 2 unspecified atom stereocenters. The zero-order chi connectivity index (χ0) is 6.15. The van der Waals surface area contributed by atoms with Crippen molar-refractivity contribution in [2.45, 2.75) is 19.2 Å². The van der Waals surface area contributed by atoms with Gasteiger partial charge in [-0.3, -0.25) is 5.43 Å². The predicted octanol–water partition coefficient (Wildman–Crippen LogP) is -1.39. The fraction of sp³-hybridized carbons (Fsp3) is 0.750. The number of aliphatic hydroxyl groups excluding tert-OH is 1. The molecule has 8 heavy (non-hydrogen) atoms. The highest BCUT2D eigenvalue weighted by Crippen LogP contribution is 1.96. The Labute approximate surface area is 47.4 Å². The average molecular weight is 115 g/mol. The molecule has 2 atom stereocenters. The van der Waals surface area contributed by atoms with Gasteiger partial charge in [0.1, 0.15) is 0 Å². The van der Waals surface area contributed by atoms with Gasteiger partial charge in [-0.1, -0.05) is 0 Å². The van der Waals surface area contributed by atoms with Crippen molar-refractivity contribution in [1.29, 1.82) is 0 Å². The summed E-state index contributed by atoms with van der Waals surface area (Å²) in [7, 11) is 0. The van der Waals surface area contributed by atoms with E-state index >= 15 is 0 Å². The summed E-state index contributed by atoms with van der Waals surface area (Å²) >= 11 is 0. The van der Waals surface area contributed by atoms with Gasteiger partial charge in [0.05, 0.1) is 11.8 Å². The molecule has 4 N–H and O–H groups in total. The molecule has 0 aromatic heterocycles. The zero-order valence-electron chi connectivity index (χ0n) is 4.63. The maximum atomic E-state index is 8.82. The van der Waals surface area contributed by atoms with Gasteiger partial charge in [0, 0.05) is 0 Å². The number of rotatable bonds is 0. The number of hydrogen-bond donors (Lipinski definition) is 3. The van der Waals surface area contributed by atoms with Gasteiger partial charge in [-0.05, 0) is 6.92 Å². The van der Waals surface area contributed by atoms with Crippen LogP contribution in [0.15, 0.2) is 5.10 Å². The molecule has 4 heteroatoms. The topological polar surface area (TPSA) is 70.6 Å². The lowest BCUT2D eigenvalue weighted by molar-refractivity contribution is 0.143. The summed E-state index contributed by atoms with van der Waals surface area (Å²) in [6.45, 7) is 1.77. The molecule has 0 amide bonds. The molecule has 0 aromatic carbocycles. The van der Waals surface area contributed by atoms with E-state index in [0.29, 0.717) is 0 Å². The van der Waals surface area contributed by atoms with Gasteiger partial charge >= 0.3 is 0 Å². The molecule has 0 saturated heterocycles. The SMILES string of the molecule is CC1=NNC(O)C1N. The van der Waals surface area contributed by atoms with Gasteiger partial charge in [-0.2, -0.15) is 5.10 Å². The first-order valence-corrected chi connectivity index (χ1v) is 2.45. The minimum Gasteiger partial charge on any atom is -0.370 e. The molecule has 0 fully saturated rings. The number of nitrogens with one attached hydrogen (secondary N) is 1. The second-order valence-electron chi connectivity index (χ2n) is 1.85. The molecule has 1 heterocycles. The summed E-state index contributed by atoms with van der Waals surface area (Å²) in [5.74, 6) is 0. The van der Waals surface area contributed by atoms with Crippen LogP contribution >= 0.6 is 0 Å². The molecule has 0 radical (unpaired) electrons. The van der Waals surface area contributed by atoms with E-state index < -0.39 is 6.23 Å². The summed E-state index contributed by atoms with van der Waals surface area (Å²) in [6, 6.07) is -0.324. The quantitative estimate of drug-likeness (QED) is 0.364. The Morgan fingerprint density at radius 3 is 2.62 bits per heavy atom. The fourth-order valence-electron chi connectivity index (χ4n) is 0.551. The smallest absolute Gasteiger partial charge is 0.160 e. The van der Waals surface area contributed by atoms with E-state index in [1.165, 1.54) is 0 Å². The van der Waals surface area contributed by atoms with Crippen molar-refractivity contribution < 1.29 is 5.11 Å². The van der Waals surface area contributed by atoms with Crippen LogP contribution in [0.1, 0.15) is 6.92 Å². The second-order valence-corrected chi connectivity index (χ2v) is 1.85. The second kappa shape index (κ2) is 1.72. The van der Waals surface area contributed by atoms with Gasteiger partial charge in [-0.15, -0.1) is 0 Å². The van der Waals surface area contributed by atoms with Crippen LogP contribution in [-0.2, 0) is 0 Å². The Morgan fingerprint density at radius 2 is 2.50 bits per heavy atom. The lowest BCUT2D eigenvalue weighted by Gasteiger charge is -2.06. The molecule has 0 saturated carbocycles. The summed E-state index contributed by atoms with van der Waals surface area (Å²) < 4.78 is 0. The van der Waals surface area contributed by atoms with Gasteiger partial charge in [-0.25, -0.2) is 0 Å². The summed E-state index contributed by atoms with van der Waals surface area (Å²) in [5, 5.41) is 12.5. The van der Waals surface area contributed by atoms with Crippen molar-refractivity contribution in [2.24, 2.45) is 10.8 Å². The zero-order valence-corrected chi connectivity index (χ0v) is 4.63. The van der Waals surface area contributed by atoms with Crippen molar-refractivity contribution in [1.82, 2.24) is 5.43 Å². The van der Waals surface area contributed by atoms with Gasteiger partial charge in [0.25, 0.3) is 0 Å². The number of aliphatic hydroxyl groups is 1. The number of nitrogens with zero attached hydrogens (tertiary/aromatic N) is 1. The van der Waals surface area contributed by atoms with Crippen LogP contribution in [0.4, 0.5) is 0 Å². The minimum atomic E-state index is -0.685. The molecule has 1 aliphatic heterocycles. The third-order valence-electron chi connectivity index (χ3n) is 1.20. The molecule has 0 aromatic rings. The predicted molar refractivity (Wildman–Crippen MR) is 30.2 cm³/mol. The normalized spacial score (nSPS) is 36.6. The number of hydrazone groups is 1. The fourth-order valence-corrected chi connectivity index (χ4v) is 0.551. The Kier molecular flexibility index (Phi) is 1.19. The molecular formula is C4H9N3O. The van der Waals surface area contributed by atoms with Crippen molar-refractivity contribution in [3.8, 4) is 0 Å². The molecule has 1 aliphatic rings. The minimum absolute atomic E-state index is 0.324. The highest BCUT2D eigenvalue weighted by Gasteiger charge is 2.21. The van der Waals surface area contributed by atoms with Crippen molar-refractivity contribution in [3.63, 3.8) is 0 Å². The van der Waals surface area contributed by atoms with Crippen LogP contribution in [-0.4, -0.2) is 23.1 Å². The van der Waals surface area contributed by atoms with Crippen LogP contribution in [0.3, 0.4) is 0 Å². The van der Waals surface area contributed by atoms with E-state index in [2.05, 4.69) is 10.5 Å². The molecule has 0 aliphatic carbocycles. The van der Waals surface area contributed by atoms with Crippen LogP contribution in [0.2, 0.25) is 0 Å². The standard InChI is InChI=1S/C4H9N3O/c1-2-3(5)4(8)7-6-2/h3-4,7-8H,5H2,1H3. The van der Waals surface area contributed by atoms with Gasteiger partial charge in [0.15, 0.2) is 6.23 Å². The Balaban J connectivity index is 2.59. The first-order chi connectivity index (χ1) is 3.72. The maximum absolute atomic E-state index is 8.82. The molecule has 1 rings (SSSR count). The van der Waals surface area contributed by atoms with Gasteiger partial charge < -0.3 is 10.8 Å². The third-order valence-corrected chi connectivity index (χ3v) is 1.20. The summed E-state index contributed by atoms with van der Waals surface area (Å²) in [6.07, 6.45) is -0.685. The molecule has 0 bridgehead atoms. The summed E-state index contributed by atoms with van der Waals surface area (Å²) in [4.78, 5) is 0. The Morgan fingerprint density at radius 1 is 1.88 bits per heavy atom. The van der Waals surface area contributed by atoms with Gasteiger partial charge in [0.2, 0.25) is 0 Å². The van der Waals surface area contributed by atoms with E-state index in [1.807, 2.05) is 0 Å². The van der Waals surface area contributed by atoms with E-state index in [1.54, 1.807) is 6.92 Å².